The van der Waals surface area contributed by atoms with Gasteiger partial charge in [0.15, 0.2) is 12.1 Å². The smallest absolute Gasteiger partial charge is 0.198 e. The number of ketones is 1. The van der Waals surface area contributed by atoms with Crippen LogP contribution in [0, 0.1) is 5.41 Å². The number of phenolic OH excluding ortho intramolecular Hbond substituents is 2. The summed E-state index contributed by atoms with van der Waals surface area (Å²) in [6.45, 7) is 1.30. The van der Waals surface area contributed by atoms with Crippen molar-refractivity contribution >= 4 is 11.5 Å². The summed E-state index contributed by atoms with van der Waals surface area (Å²) in [5, 5.41) is 63.0. The first-order valence-corrected chi connectivity index (χ1v) is 12.5. The topological polar surface area (TPSA) is 196 Å². The lowest BCUT2D eigenvalue weighted by molar-refractivity contribution is -0.248. The van der Waals surface area contributed by atoms with E-state index in [9.17, 15) is 30.3 Å². The molecule has 1 unspecified atom stereocenters. The van der Waals surface area contributed by atoms with Crippen molar-refractivity contribution < 1.29 is 44.5 Å². The highest BCUT2D eigenvalue weighted by atomic mass is 16.7. The molecule has 0 aromatic heterocycles. The van der Waals surface area contributed by atoms with Gasteiger partial charge in [0, 0.05) is 48.6 Å². The molecule has 0 bridgehead atoms. The molecule has 1 aliphatic heterocycles. The summed E-state index contributed by atoms with van der Waals surface area (Å²) in [7, 11) is 1.41. The van der Waals surface area contributed by atoms with Gasteiger partial charge in [-0.15, -0.1) is 0 Å². The highest BCUT2D eigenvalue weighted by Gasteiger charge is 2.47. The summed E-state index contributed by atoms with van der Waals surface area (Å²) in [6.07, 6.45) is -3.64. The fourth-order valence-corrected chi connectivity index (χ4v) is 5.91. The van der Waals surface area contributed by atoms with Gasteiger partial charge in [0.2, 0.25) is 0 Å². The molecule has 0 radical (unpaired) electrons. The molecule has 11 heteroatoms. The molecule has 0 saturated carbocycles. The predicted molar refractivity (Wildman–Crippen MR) is 134 cm³/mol. The van der Waals surface area contributed by atoms with Crippen LogP contribution in [0.1, 0.15) is 70.5 Å². The van der Waals surface area contributed by atoms with Gasteiger partial charge in [0.05, 0.1) is 53.4 Å². The highest BCUT2D eigenvalue weighted by Crippen LogP contribution is 2.52. The molecule has 204 valence electrons. The second-order valence-electron chi connectivity index (χ2n) is 10.3. The number of aliphatic hydroxyl groups excluding tert-OH is 2. The minimum absolute atomic E-state index is 0.0481. The standard InChI is InChI=1S/C27H32N2O9/c1-11-23(31)14(28)8-17(37-11)38-16-10-27(35,6-7-30)9-13-19(16)26(34)20-21(25(13)33)24(32)12-4-3-5-15(36-2)18(12)22(20)29/h3-5,11,14,16-17,23,29-31,33-35H,6-10,28H2,1-2H3/t11-,14-,16?,17-,23+,27-/m0/s1. The number of rotatable bonds is 5. The zero-order valence-corrected chi connectivity index (χ0v) is 21.1. The summed E-state index contributed by atoms with van der Waals surface area (Å²) in [4.78, 5) is 13.6. The third-order valence-corrected chi connectivity index (χ3v) is 7.84. The van der Waals surface area contributed by atoms with Gasteiger partial charge >= 0.3 is 0 Å². The van der Waals surface area contributed by atoms with Crippen LogP contribution in [0.15, 0.2) is 18.2 Å². The number of hydrogen-bond acceptors (Lipinski definition) is 11. The van der Waals surface area contributed by atoms with Gasteiger partial charge in [-0.1, -0.05) is 12.1 Å². The number of hydrogen-bond donors (Lipinski definition) is 7. The molecule has 1 fully saturated rings. The van der Waals surface area contributed by atoms with Gasteiger partial charge in [-0.3, -0.25) is 10.2 Å². The molecule has 2 aromatic carbocycles. The Balaban J connectivity index is 1.66. The molecule has 2 aliphatic carbocycles. The molecule has 5 rings (SSSR count). The molecule has 8 N–H and O–H groups in total. The number of aliphatic hydroxyl groups is 3. The fraction of sp³-hybridized carbons (Fsp3) is 0.481. The molecule has 38 heavy (non-hydrogen) atoms. The highest BCUT2D eigenvalue weighted by molar-refractivity contribution is 6.32. The number of methoxy groups -OCH3 is 1. The van der Waals surface area contributed by atoms with Crippen molar-refractivity contribution in [1.82, 2.24) is 0 Å². The van der Waals surface area contributed by atoms with Crippen LogP contribution in [0.2, 0.25) is 0 Å². The summed E-state index contributed by atoms with van der Waals surface area (Å²) in [5.41, 5.74) is 4.46. The van der Waals surface area contributed by atoms with E-state index in [1.165, 1.54) is 13.2 Å². The second-order valence-corrected chi connectivity index (χ2v) is 10.3. The summed E-state index contributed by atoms with van der Waals surface area (Å²) >= 11 is 0. The van der Waals surface area contributed by atoms with E-state index in [4.69, 9.17) is 25.4 Å². The number of carbonyl (C=O) groups is 1. The van der Waals surface area contributed by atoms with Crippen LogP contribution in [0.25, 0.3) is 0 Å². The molecule has 0 spiro atoms. The van der Waals surface area contributed by atoms with Gasteiger partial charge < -0.3 is 45.5 Å². The number of aromatic hydroxyl groups is 2. The van der Waals surface area contributed by atoms with Gasteiger partial charge in [-0.25, -0.2) is 0 Å². The maximum atomic E-state index is 13.6. The van der Waals surface area contributed by atoms with Crippen molar-refractivity contribution in [1.29, 1.82) is 5.41 Å². The second kappa shape index (κ2) is 9.60. The first-order valence-electron chi connectivity index (χ1n) is 12.5. The SMILES string of the molecule is COc1cccc2c1C(=N)c1c(O)c3c(c(O)c1C2=O)C[C@@](O)(CCO)CC3O[C@H]1C[C@H](N)[C@H](O)[C@H](C)O1. The average molecular weight is 529 g/mol. The number of phenols is 2. The molecule has 6 atom stereocenters. The summed E-state index contributed by atoms with van der Waals surface area (Å²) in [6, 6.07) is 4.07. The van der Waals surface area contributed by atoms with Gasteiger partial charge in [-0.05, 0) is 19.4 Å². The first-order chi connectivity index (χ1) is 18.0. The van der Waals surface area contributed by atoms with Gasteiger partial charge in [0.25, 0.3) is 0 Å². The zero-order chi connectivity index (χ0) is 27.5. The number of fused-ring (bicyclic) bond motifs is 3. The third-order valence-electron chi connectivity index (χ3n) is 7.84. The number of benzene rings is 2. The number of ether oxygens (including phenoxy) is 3. The largest absolute Gasteiger partial charge is 0.507 e. The Bertz CT molecular complexity index is 1300. The Morgan fingerprint density at radius 3 is 2.61 bits per heavy atom. The van der Waals surface area contributed by atoms with Crippen LogP contribution < -0.4 is 10.5 Å². The quantitative estimate of drug-likeness (QED) is 0.235. The maximum absolute atomic E-state index is 13.6. The van der Waals surface area contributed by atoms with Crippen LogP contribution in [0.4, 0.5) is 0 Å². The van der Waals surface area contributed by atoms with E-state index < -0.39 is 53.5 Å². The van der Waals surface area contributed by atoms with Crippen LogP contribution in [0.5, 0.6) is 17.2 Å². The van der Waals surface area contributed by atoms with E-state index in [0.717, 1.165) is 0 Å². The lowest BCUT2D eigenvalue weighted by atomic mass is 9.72. The number of carbonyl (C=O) groups excluding carboxylic acids is 1. The van der Waals surface area contributed by atoms with Crippen LogP contribution in [-0.2, 0) is 15.9 Å². The van der Waals surface area contributed by atoms with E-state index in [1.54, 1.807) is 19.1 Å². The Morgan fingerprint density at radius 1 is 1.21 bits per heavy atom. The predicted octanol–water partition coefficient (Wildman–Crippen LogP) is 1.01. The van der Waals surface area contributed by atoms with Crippen LogP contribution >= 0.6 is 0 Å². The molecule has 3 aliphatic rings. The van der Waals surface area contributed by atoms with E-state index in [0.29, 0.717) is 0 Å². The molecule has 11 nitrogen and oxygen atoms in total. The Labute approximate surface area is 218 Å². The average Bonchev–Trinajstić information content (AvgIpc) is 2.87. The monoisotopic (exact) mass is 528 g/mol. The summed E-state index contributed by atoms with van der Waals surface area (Å²) in [5.74, 6) is -1.22. The summed E-state index contributed by atoms with van der Waals surface area (Å²) < 4.78 is 17.3. The lowest BCUT2D eigenvalue weighted by Gasteiger charge is -2.43. The minimum Gasteiger partial charge on any atom is -0.507 e. The molecular formula is C27H32N2O9. The van der Waals surface area contributed by atoms with Gasteiger partial charge in [-0.2, -0.15) is 0 Å². The number of nitrogens with two attached hydrogens (primary N) is 1. The lowest BCUT2D eigenvalue weighted by Crippen LogP contribution is -2.52. The molecular weight excluding hydrogens is 496 g/mol. The Kier molecular flexibility index (Phi) is 6.70. The molecule has 2 aromatic rings. The van der Waals surface area contributed by atoms with E-state index in [1.807, 2.05) is 0 Å². The van der Waals surface area contributed by atoms with Crippen molar-refractivity contribution in [3.8, 4) is 17.2 Å². The van der Waals surface area contributed by atoms with E-state index >= 15 is 0 Å². The van der Waals surface area contributed by atoms with Crippen molar-refractivity contribution in [2.75, 3.05) is 13.7 Å². The molecule has 1 saturated heterocycles. The van der Waals surface area contributed by atoms with Gasteiger partial charge in [0.1, 0.15) is 17.2 Å². The fourth-order valence-electron chi connectivity index (χ4n) is 5.91. The zero-order valence-electron chi connectivity index (χ0n) is 21.1. The maximum Gasteiger partial charge on any atom is 0.198 e. The van der Waals surface area contributed by atoms with Crippen LogP contribution in [0.3, 0.4) is 0 Å². The van der Waals surface area contributed by atoms with Crippen molar-refractivity contribution in [3.05, 3.63) is 51.6 Å². The van der Waals surface area contributed by atoms with Crippen molar-refractivity contribution in [2.24, 2.45) is 5.73 Å². The normalized spacial score (nSPS) is 30.4. The van der Waals surface area contributed by atoms with Crippen molar-refractivity contribution in [3.63, 3.8) is 0 Å². The molecule has 0 amide bonds. The number of nitrogens with one attached hydrogen (secondary N) is 1. The minimum atomic E-state index is -1.53. The van der Waals surface area contributed by atoms with E-state index in [2.05, 4.69) is 0 Å². The first kappa shape index (κ1) is 26.5. The van der Waals surface area contributed by atoms with Crippen LogP contribution in [-0.4, -0.2) is 80.9 Å². The Morgan fingerprint density at radius 2 is 1.95 bits per heavy atom. The van der Waals surface area contributed by atoms with Crippen molar-refractivity contribution in [2.45, 2.75) is 68.9 Å². The third kappa shape index (κ3) is 4.06. The van der Waals surface area contributed by atoms with E-state index in [-0.39, 0.29) is 77.1 Å². The molecule has 1 heterocycles. The Hall–Kier alpha value is -3.06.